The minimum atomic E-state index is 0.623. The summed E-state index contributed by atoms with van der Waals surface area (Å²) in [6, 6.07) is 38.0. The molecule has 9 rings (SSSR count). The van der Waals surface area contributed by atoms with Crippen molar-refractivity contribution in [3.8, 4) is 11.8 Å². The number of hydrogen-bond acceptors (Lipinski definition) is 3. The molecule has 0 bridgehead atoms. The van der Waals surface area contributed by atoms with Crippen LogP contribution in [0.5, 0.6) is 0 Å². The number of hydrogen-bond donors (Lipinski definition) is 0. The smallest absolute Gasteiger partial charge is 0.139 e. The molecule has 0 amide bonds. The van der Waals surface area contributed by atoms with Gasteiger partial charge in [-0.3, -0.25) is 0 Å². The Morgan fingerprint density at radius 3 is 2.12 bits per heavy atom. The Morgan fingerprint density at radius 2 is 1.32 bits per heavy atom. The van der Waals surface area contributed by atoms with E-state index in [1.54, 1.807) is 6.07 Å². The lowest BCUT2D eigenvalue weighted by Crippen LogP contribution is -2.02. The minimum absolute atomic E-state index is 0.623. The van der Waals surface area contributed by atoms with E-state index < -0.39 is 0 Å². The van der Waals surface area contributed by atoms with E-state index in [1.807, 2.05) is 18.2 Å². The van der Waals surface area contributed by atoms with Gasteiger partial charge in [-0.1, -0.05) is 54.6 Å². The van der Waals surface area contributed by atoms with Gasteiger partial charge < -0.3 is 13.4 Å². The third-order valence-corrected chi connectivity index (χ3v) is 8.54. The molecule has 4 nitrogen and oxygen atoms in total. The van der Waals surface area contributed by atoms with Crippen LogP contribution in [-0.2, 0) is 6.42 Å². The number of nitriles is 1. The minimum Gasteiger partial charge on any atom is -0.460 e. The van der Waals surface area contributed by atoms with Gasteiger partial charge in [0.15, 0.2) is 0 Å². The first-order chi connectivity index (χ1) is 20.3. The van der Waals surface area contributed by atoms with Gasteiger partial charge in [-0.05, 0) is 60.5 Å². The fraction of sp³-hybridized carbons (Fsp3) is 0.0541. The van der Waals surface area contributed by atoms with Gasteiger partial charge in [0.05, 0.1) is 28.4 Å². The number of benzene rings is 5. The van der Waals surface area contributed by atoms with Gasteiger partial charge in [-0.25, -0.2) is 0 Å². The summed E-state index contributed by atoms with van der Waals surface area (Å²) in [6.07, 6.45) is 4.04. The third-order valence-electron chi connectivity index (χ3n) is 8.54. The Kier molecular flexibility index (Phi) is 4.48. The highest BCUT2D eigenvalue weighted by Gasteiger charge is 2.23. The van der Waals surface area contributed by atoms with Crippen LogP contribution >= 0.6 is 0 Å². The highest BCUT2D eigenvalue weighted by molar-refractivity contribution is 6.12. The quantitative estimate of drug-likeness (QED) is 0.225. The van der Waals surface area contributed by atoms with Crippen LogP contribution < -0.4 is 0 Å². The van der Waals surface area contributed by atoms with Crippen LogP contribution in [0.3, 0.4) is 0 Å². The van der Waals surface area contributed by atoms with Crippen molar-refractivity contribution in [2.24, 2.45) is 0 Å². The number of nitrogens with zero attached hydrogens (tertiary/aromatic N) is 2. The third kappa shape index (κ3) is 3.15. The number of rotatable bonds is 2. The first kappa shape index (κ1) is 22.3. The lowest BCUT2D eigenvalue weighted by atomic mass is 9.90. The number of allylic oxidation sites excluding steroid dienone is 1. The largest absolute Gasteiger partial charge is 0.460 e. The molecule has 5 aromatic carbocycles. The second kappa shape index (κ2) is 8.24. The average molecular weight is 527 g/mol. The van der Waals surface area contributed by atoms with E-state index in [9.17, 15) is 5.26 Å². The Hall–Kier alpha value is -5.53. The van der Waals surface area contributed by atoms with Crippen molar-refractivity contribution >= 4 is 66.4 Å². The molecule has 1 aliphatic carbocycles. The van der Waals surface area contributed by atoms with Crippen LogP contribution in [0.25, 0.3) is 72.1 Å². The zero-order chi connectivity index (χ0) is 27.1. The Bertz CT molecular complexity index is 2390. The van der Waals surface area contributed by atoms with Crippen molar-refractivity contribution in [3.05, 3.63) is 126 Å². The summed E-state index contributed by atoms with van der Waals surface area (Å²) in [5.41, 5.74) is 10.2. The fourth-order valence-corrected chi connectivity index (χ4v) is 6.68. The first-order valence-electron chi connectivity index (χ1n) is 13.9. The van der Waals surface area contributed by atoms with Crippen molar-refractivity contribution in [1.82, 2.24) is 4.57 Å². The summed E-state index contributed by atoms with van der Waals surface area (Å²) in [5.74, 6) is 1.01. The summed E-state index contributed by atoms with van der Waals surface area (Å²) in [6.45, 7) is 0. The summed E-state index contributed by atoms with van der Waals surface area (Å²) in [5, 5.41) is 15.0. The monoisotopic (exact) mass is 526 g/mol. The summed E-state index contributed by atoms with van der Waals surface area (Å²) in [7, 11) is 0. The second-order valence-corrected chi connectivity index (χ2v) is 10.8. The number of aromatic nitrogens is 1. The maximum absolute atomic E-state index is 9.44. The van der Waals surface area contributed by atoms with Crippen molar-refractivity contribution in [1.29, 1.82) is 5.26 Å². The molecule has 41 heavy (non-hydrogen) atoms. The highest BCUT2D eigenvalue weighted by atomic mass is 16.3. The van der Waals surface area contributed by atoms with Crippen molar-refractivity contribution in [3.63, 3.8) is 0 Å². The number of furan rings is 2. The van der Waals surface area contributed by atoms with Gasteiger partial charge in [0, 0.05) is 50.5 Å². The number of fused-ring (bicyclic) bond motifs is 9. The molecule has 0 saturated carbocycles. The predicted molar refractivity (Wildman–Crippen MR) is 165 cm³/mol. The van der Waals surface area contributed by atoms with E-state index in [2.05, 4.69) is 95.6 Å². The molecule has 0 N–H and O–H groups in total. The van der Waals surface area contributed by atoms with Gasteiger partial charge in [-0.2, -0.15) is 5.26 Å². The van der Waals surface area contributed by atoms with E-state index in [0.29, 0.717) is 5.56 Å². The lowest BCUT2D eigenvalue weighted by Gasteiger charge is -2.18. The second-order valence-electron chi connectivity index (χ2n) is 10.8. The first-order valence-corrected chi connectivity index (χ1v) is 13.9. The summed E-state index contributed by atoms with van der Waals surface area (Å²) in [4.78, 5) is 0. The topological polar surface area (TPSA) is 55.0 Å². The SMILES string of the molecule is N#Cc1ccc2oc3cc4oc5c(c4cc3c2c1)C=C(c1ccccc1-n1c2ccccc2c2ccccc21)CC5. The molecule has 3 aromatic heterocycles. The van der Waals surface area contributed by atoms with Gasteiger partial charge in [0.25, 0.3) is 0 Å². The van der Waals surface area contributed by atoms with E-state index in [0.717, 1.165) is 57.1 Å². The van der Waals surface area contributed by atoms with Gasteiger partial charge in [0.2, 0.25) is 0 Å². The number of aryl methyl sites for hydroxylation is 1. The van der Waals surface area contributed by atoms with Crippen molar-refractivity contribution in [2.45, 2.75) is 12.8 Å². The molecule has 0 aliphatic heterocycles. The maximum atomic E-state index is 9.44. The highest BCUT2D eigenvalue weighted by Crippen LogP contribution is 2.42. The fourth-order valence-electron chi connectivity index (χ4n) is 6.68. The van der Waals surface area contributed by atoms with E-state index >= 15 is 0 Å². The molecule has 4 heteroatoms. The van der Waals surface area contributed by atoms with E-state index in [1.165, 1.54) is 38.6 Å². The van der Waals surface area contributed by atoms with Gasteiger partial charge >= 0.3 is 0 Å². The number of para-hydroxylation sites is 3. The molecule has 1 aliphatic rings. The Balaban J connectivity index is 1.27. The van der Waals surface area contributed by atoms with Crippen LogP contribution in [0.15, 0.2) is 112 Å². The molecule has 0 saturated heterocycles. The van der Waals surface area contributed by atoms with Crippen LogP contribution in [0, 0.1) is 11.3 Å². The standard InChI is InChI=1S/C37H22N2O2/c38-21-22-13-15-34-27(17-22)29-19-30-28-18-23(14-16-35(28)41-37(30)20-36(29)40-34)24-7-1-4-10-31(24)39-32-11-5-2-8-25(32)26-9-3-6-12-33(26)39/h1-13,15,17-20H,14,16H2. The lowest BCUT2D eigenvalue weighted by molar-refractivity contribution is 0.547. The zero-order valence-electron chi connectivity index (χ0n) is 22.0. The molecule has 0 radical (unpaired) electrons. The van der Waals surface area contributed by atoms with Crippen LogP contribution in [0.2, 0.25) is 0 Å². The van der Waals surface area contributed by atoms with Gasteiger partial charge in [0.1, 0.15) is 22.5 Å². The van der Waals surface area contributed by atoms with Crippen LogP contribution in [0.4, 0.5) is 0 Å². The predicted octanol–water partition coefficient (Wildman–Crippen LogP) is 9.79. The zero-order valence-corrected chi connectivity index (χ0v) is 22.0. The summed E-state index contributed by atoms with van der Waals surface area (Å²) >= 11 is 0. The molecule has 192 valence electrons. The Morgan fingerprint density at radius 1 is 0.610 bits per heavy atom. The van der Waals surface area contributed by atoms with Crippen LogP contribution in [-0.4, -0.2) is 4.57 Å². The van der Waals surface area contributed by atoms with Crippen LogP contribution in [0.1, 0.15) is 28.9 Å². The molecule has 0 spiro atoms. The molecular weight excluding hydrogens is 504 g/mol. The van der Waals surface area contributed by atoms with E-state index in [4.69, 9.17) is 8.83 Å². The molecule has 3 heterocycles. The van der Waals surface area contributed by atoms with Crippen molar-refractivity contribution < 1.29 is 8.83 Å². The average Bonchev–Trinajstić information content (AvgIpc) is 3.68. The Labute approximate surface area is 234 Å². The maximum Gasteiger partial charge on any atom is 0.139 e. The molecular formula is C37H22N2O2. The molecule has 0 fully saturated rings. The van der Waals surface area contributed by atoms with E-state index in [-0.39, 0.29) is 0 Å². The normalized spacial score (nSPS) is 13.3. The molecule has 0 unspecified atom stereocenters. The summed E-state index contributed by atoms with van der Waals surface area (Å²) < 4.78 is 14.9. The molecule has 8 aromatic rings. The van der Waals surface area contributed by atoms with Crippen molar-refractivity contribution in [2.75, 3.05) is 0 Å². The van der Waals surface area contributed by atoms with Gasteiger partial charge in [-0.15, -0.1) is 0 Å². The molecule has 0 atom stereocenters.